The molecular weight excluding hydrogens is 240 g/mol. The predicted octanol–water partition coefficient (Wildman–Crippen LogP) is 2.07. The Morgan fingerprint density at radius 2 is 1.00 bits per heavy atom. The van der Waals surface area contributed by atoms with Crippen molar-refractivity contribution < 1.29 is 9.59 Å². The number of unbranched alkanes of at least 4 members (excludes halogenated alkanes) is 2. The van der Waals surface area contributed by atoms with E-state index in [0.29, 0.717) is 37.2 Å². The van der Waals surface area contributed by atoms with Gasteiger partial charge in [-0.25, -0.2) is 0 Å². The molecule has 0 rings (SSSR count). The molecule has 0 atom stereocenters. The van der Waals surface area contributed by atoms with Crippen LogP contribution in [-0.4, -0.2) is 38.8 Å². The van der Waals surface area contributed by atoms with E-state index in [2.05, 4.69) is 10.6 Å². The first-order chi connectivity index (χ1) is 9.20. The number of hydrogen-bond donors (Lipinski definition) is 2. The monoisotopic (exact) mass is 270 g/mol. The third-order valence-electron chi connectivity index (χ3n) is 3.18. The molecule has 0 amide bonds. The Labute approximate surface area is 117 Å². The highest BCUT2D eigenvalue weighted by Crippen LogP contribution is 2.06. The van der Waals surface area contributed by atoms with Crippen molar-refractivity contribution in [3.63, 3.8) is 0 Å². The molecule has 0 heterocycles. The van der Waals surface area contributed by atoms with Gasteiger partial charge in [0.25, 0.3) is 0 Å². The van der Waals surface area contributed by atoms with Crippen LogP contribution in [0.25, 0.3) is 0 Å². The van der Waals surface area contributed by atoms with Gasteiger partial charge >= 0.3 is 0 Å². The van der Waals surface area contributed by atoms with Crippen LogP contribution in [0, 0.1) is 0 Å². The lowest BCUT2D eigenvalue weighted by Crippen LogP contribution is -2.09. The van der Waals surface area contributed by atoms with Crippen molar-refractivity contribution in [1.29, 1.82) is 0 Å². The van der Waals surface area contributed by atoms with E-state index in [1.165, 1.54) is 0 Å². The van der Waals surface area contributed by atoms with Crippen LogP contribution < -0.4 is 10.6 Å². The van der Waals surface area contributed by atoms with E-state index < -0.39 is 0 Å². The van der Waals surface area contributed by atoms with E-state index in [0.717, 1.165) is 45.2 Å². The Morgan fingerprint density at radius 1 is 0.632 bits per heavy atom. The zero-order valence-electron chi connectivity index (χ0n) is 12.6. The fraction of sp³-hybridized carbons (Fsp3) is 0.867. The molecule has 19 heavy (non-hydrogen) atoms. The van der Waals surface area contributed by atoms with E-state index in [-0.39, 0.29) is 0 Å². The molecule has 0 aromatic heterocycles. The van der Waals surface area contributed by atoms with Crippen molar-refractivity contribution in [2.75, 3.05) is 27.2 Å². The lowest BCUT2D eigenvalue weighted by atomic mass is 10.0. The molecule has 0 aliphatic rings. The van der Waals surface area contributed by atoms with Gasteiger partial charge in [0.05, 0.1) is 0 Å². The number of ketones is 2. The van der Waals surface area contributed by atoms with Gasteiger partial charge in [0.1, 0.15) is 11.6 Å². The number of carbonyl (C=O) groups excluding carboxylic acids is 2. The fourth-order valence-corrected chi connectivity index (χ4v) is 1.98. The Kier molecular flexibility index (Phi) is 13.2. The Hall–Kier alpha value is -0.740. The Morgan fingerprint density at radius 3 is 1.37 bits per heavy atom. The second-order valence-corrected chi connectivity index (χ2v) is 5.05. The van der Waals surface area contributed by atoms with Crippen molar-refractivity contribution >= 4 is 11.6 Å². The highest BCUT2D eigenvalue weighted by molar-refractivity contribution is 5.81. The van der Waals surface area contributed by atoms with Crippen molar-refractivity contribution in [3.05, 3.63) is 0 Å². The summed E-state index contributed by atoms with van der Waals surface area (Å²) in [7, 11) is 3.84. The van der Waals surface area contributed by atoms with Crippen molar-refractivity contribution in [1.82, 2.24) is 10.6 Å². The minimum atomic E-state index is 0.305. The standard InChI is InChI=1S/C15H30N2O2/c1-16-12-5-3-8-14(18)10-7-11-15(19)9-4-6-13-17-2/h16-17H,3-13H2,1-2H3. The summed E-state index contributed by atoms with van der Waals surface area (Å²) in [4.78, 5) is 23.1. The zero-order chi connectivity index (χ0) is 14.3. The van der Waals surface area contributed by atoms with Gasteiger partial charge in [-0.05, 0) is 59.3 Å². The van der Waals surface area contributed by atoms with Crippen LogP contribution in [-0.2, 0) is 9.59 Å². The lowest BCUT2D eigenvalue weighted by molar-refractivity contribution is -0.120. The second-order valence-electron chi connectivity index (χ2n) is 5.05. The van der Waals surface area contributed by atoms with E-state index >= 15 is 0 Å². The third-order valence-corrected chi connectivity index (χ3v) is 3.18. The van der Waals surface area contributed by atoms with Gasteiger partial charge in [-0.1, -0.05) is 0 Å². The molecule has 0 aromatic carbocycles. The first-order valence-corrected chi connectivity index (χ1v) is 7.53. The molecule has 0 saturated heterocycles. The lowest BCUT2D eigenvalue weighted by Gasteiger charge is -2.02. The normalized spacial score (nSPS) is 10.6. The summed E-state index contributed by atoms with van der Waals surface area (Å²) in [6, 6.07) is 0. The first-order valence-electron chi connectivity index (χ1n) is 7.53. The average Bonchev–Trinajstić information content (AvgIpc) is 2.40. The zero-order valence-corrected chi connectivity index (χ0v) is 12.6. The summed E-state index contributed by atoms with van der Waals surface area (Å²) < 4.78 is 0. The maximum atomic E-state index is 11.5. The van der Waals surface area contributed by atoms with Gasteiger partial charge in [-0.15, -0.1) is 0 Å². The molecule has 0 saturated carbocycles. The Balaban J connectivity index is 3.35. The minimum Gasteiger partial charge on any atom is -0.320 e. The van der Waals surface area contributed by atoms with E-state index in [1.54, 1.807) is 0 Å². The van der Waals surface area contributed by atoms with Crippen LogP contribution in [0.1, 0.15) is 57.8 Å². The topological polar surface area (TPSA) is 58.2 Å². The molecule has 0 aromatic rings. The van der Waals surface area contributed by atoms with Gasteiger partial charge in [0.2, 0.25) is 0 Å². The average molecular weight is 270 g/mol. The number of nitrogens with one attached hydrogen (secondary N) is 2. The first kappa shape index (κ1) is 18.3. The SMILES string of the molecule is CNCCCCC(=O)CCCC(=O)CCCCNC. The van der Waals surface area contributed by atoms with Gasteiger partial charge in [-0.3, -0.25) is 9.59 Å². The molecule has 0 bridgehead atoms. The highest BCUT2D eigenvalue weighted by atomic mass is 16.1. The smallest absolute Gasteiger partial charge is 0.132 e. The largest absolute Gasteiger partial charge is 0.320 e. The summed E-state index contributed by atoms with van der Waals surface area (Å²) in [5, 5.41) is 6.14. The molecule has 2 N–H and O–H groups in total. The van der Waals surface area contributed by atoms with Crippen LogP contribution >= 0.6 is 0 Å². The van der Waals surface area contributed by atoms with E-state index in [9.17, 15) is 9.59 Å². The van der Waals surface area contributed by atoms with Crippen LogP contribution in [0.2, 0.25) is 0 Å². The molecule has 0 spiro atoms. The molecule has 0 fully saturated rings. The van der Waals surface area contributed by atoms with Gasteiger partial charge in [0.15, 0.2) is 0 Å². The molecule has 4 nitrogen and oxygen atoms in total. The molecule has 0 aliphatic heterocycles. The summed E-state index contributed by atoms with van der Waals surface area (Å²) in [6.45, 7) is 1.94. The van der Waals surface area contributed by atoms with Gasteiger partial charge in [0, 0.05) is 25.7 Å². The van der Waals surface area contributed by atoms with Crippen molar-refractivity contribution in [2.24, 2.45) is 0 Å². The molecule has 0 aliphatic carbocycles. The maximum absolute atomic E-state index is 11.5. The fourth-order valence-electron chi connectivity index (χ4n) is 1.98. The van der Waals surface area contributed by atoms with Crippen LogP contribution in [0.15, 0.2) is 0 Å². The summed E-state index contributed by atoms with van der Waals surface area (Å²) in [5.74, 6) is 0.609. The Bertz CT molecular complexity index is 218. The summed E-state index contributed by atoms with van der Waals surface area (Å²) >= 11 is 0. The molecular formula is C15H30N2O2. The number of Topliss-reactive ketones (excluding diaryl/α,β-unsaturated/α-hetero) is 2. The van der Waals surface area contributed by atoms with Crippen LogP contribution in [0.3, 0.4) is 0 Å². The number of hydrogen-bond acceptors (Lipinski definition) is 4. The van der Waals surface area contributed by atoms with Crippen LogP contribution in [0.4, 0.5) is 0 Å². The van der Waals surface area contributed by atoms with Gasteiger partial charge in [-0.2, -0.15) is 0 Å². The molecule has 4 heteroatoms. The summed E-state index contributed by atoms with van der Waals surface area (Å²) in [5.41, 5.74) is 0. The highest BCUT2D eigenvalue weighted by Gasteiger charge is 2.05. The maximum Gasteiger partial charge on any atom is 0.132 e. The van der Waals surface area contributed by atoms with Crippen molar-refractivity contribution in [2.45, 2.75) is 57.8 Å². The summed E-state index contributed by atoms with van der Waals surface area (Å²) in [6.07, 6.45) is 7.21. The van der Waals surface area contributed by atoms with Crippen LogP contribution in [0.5, 0.6) is 0 Å². The van der Waals surface area contributed by atoms with Gasteiger partial charge < -0.3 is 10.6 Å². The second kappa shape index (κ2) is 13.7. The predicted molar refractivity (Wildman–Crippen MR) is 79.4 cm³/mol. The van der Waals surface area contributed by atoms with E-state index in [4.69, 9.17) is 0 Å². The molecule has 0 unspecified atom stereocenters. The quantitative estimate of drug-likeness (QED) is 0.474. The minimum absolute atomic E-state index is 0.305. The molecule has 112 valence electrons. The number of rotatable bonds is 14. The van der Waals surface area contributed by atoms with Crippen molar-refractivity contribution in [3.8, 4) is 0 Å². The number of carbonyl (C=O) groups is 2. The third kappa shape index (κ3) is 13.5. The molecule has 0 radical (unpaired) electrons. The van der Waals surface area contributed by atoms with E-state index in [1.807, 2.05) is 14.1 Å².